The fraction of sp³-hybridized carbons (Fsp3) is 0.368. The molecule has 1 nitrogen and oxygen atoms in total. The summed E-state index contributed by atoms with van der Waals surface area (Å²) in [5, 5.41) is 3.39. The lowest BCUT2D eigenvalue weighted by molar-refractivity contribution is 0.586. The highest BCUT2D eigenvalue weighted by atomic mass is 14.8. The van der Waals surface area contributed by atoms with Crippen LogP contribution >= 0.6 is 0 Å². The van der Waals surface area contributed by atoms with Gasteiger partial charge >= 0.3 is 0 Å². The standard InChI is InChI=1S/C19H23N/c1-3-14-8-11-18(19(12-14)20-2)17-10-9-15-6-4-5-7-16(15)13-17/h4-8,11-12,17,20H,3,9-10,13H2,1-2H3. The molecule has 0 saturated carbocycles. The summed E-state index contributed by atoms with van der Waals surface area (Å²) in [6, 6.07) is 15.8. The normalized spacial score (nSPS) is 17.6. The third-order valence-corrected chi connectivity index (χ3v) is 4.58. The van der Waals surface area contributed by atoms with Crippen LogP contribution in [0.1, 0.15) is 41.5 Å². The van der Waals surface area contributed by atoms with Crippen molar-refractivity contribution in [2.75, 3.05) is 12.4 Å². The van der Waals surface area contributed by atoms with Gasteiger partial charge in [0, 0.05) is 12.7 Å². The lowest BCUT2D eigenvalue weighted by Gasteiger charge is -2.27. The van der Waals surface area contributed by atoms with Gasteiger partial charge in [-0.1, -0.05) is 43.3 Å². The highest BCUT2D eigenvalue weighted by Gasteiger charge is 2.21. The quantitative estimate of drug-likeness (QED) is 0.857. The van der Waals surface area contributed by atoms with E-state index in [0.717, 1.165) is 6.42 Å². The van der Waals surface area contributed by atoms with Gasteiger partial charge in [0.25, 0.3) is 0 Å². The summed E-state index contributed by atoms with van der Waals surface area (Å²) in [5.74, 6) is 0.651. The van der Waals surface area contributed by atoms with Crippen molar-refractivity contribution in [1.29, 1.82) is 0 Å². The molecule has 1 aliphatic rings. The van der Waals surface area contributed by atoms with E-state index in [1.807, 2.05) is 7.05 Å². The molecule has 3 rings (SSSR count). The van der Waals surface area contributed by atoms with Gasteiger partial charge in [0.1, 0.15) is 0 Å². The van der Waals surface area contributed by atoms with Gasteiger partial charge in [-0.3, -0.25) is 0 Å². The van der Waals surface area contributed by atoms with E-state index in [-0.39, 0.29) is 0 Å². The van der Waals surface area contributed by atoms with Gasteiger partial charge in [-0.05, 0) is 59.9 Å². The maximum absolute atomic E-state index is 3.39. The van der Waals surface area contributed by atoms with Gasteiger partial charge in [0.05, 0.1) is 0 Å². The Kier molecular flexibility index (Phi) is 3.77. The molecule has 0 spiro atoms. The third kappa shape index (κ3) is 2.45. The Morgan fingerprint density at radius 2 is 1.90 bits per heavy atom. The molecule has 1 aliphatic carbocycles. The van der Waals surface area contributed by atoms with Crippen LogP contribution in [0.3, 0.4) is 0 Å². The van der Waals surface area contributed by atoms with Crippen molar-refractivity contribution in [1.82, 2.24) is 0 Å². The van der Waals surface area contributed by atoms with Crippen LogP contribution in [0.25, 0.3) is 0 Å². The first-order valence-corrected chi connectivity index (χ1v) is 7.69. The molecule has 0 fully saturated rings. The van der Waals surface area contributed by atoms with E-state index in [0.29, 0.717) is 5.92 Å². The topological polar surface area (TPSA) is 12.0 Å². The van der Waals surface area contributed by atoms with Crippen molar-refractivity contribution in [2.45, 2.75) is 38.5 Å². The Bertz CT molecular complexity index is 600. The minimum atomic E-state index is 0.651. The molecule has 0 aromatic heterocycles. The van der Waals surface area contributed by atoms with Crippen LogP contribution in [0.5, 0.6) is 0 Å². The Hall–Kier alpha value is -1.76. The molecule has 104 valence electrons. The summed E-state index contributed by atoms with van der Waals surface area (Å²) < 4.78 is 0. The van der Waals surface area contributed by atoms with E-state index < -0.39 is 0 Å². The molecule has 0 amide bonds. The van der Waals surface area contributed by atoms with Crippen LogP contribution in [-0.4, -0.2) is 7.05 Å². The average Bonchev–Trinajstić information content (AvgIpc) is 2.53. The van der Waals surface area contributed by atoms with Crippen molar-refractivity contribution in [3.63, 3.8) is 0 Å². The van der Waals surface area contributed by atoms with E-state index in [1.54, 1.807) is 5.56 Å². The fourth-order valence-electron chi connectivity index (χ4n) is 3.36. The van der Waals surface area contributed by atoms with Crippen molar-refractivity contribution in [2.24, 2.45) is 0 Å². The van der Waals surface area contributed by atoms with Crippen LogP contribution in [0.4, 0.5) is 5.69 Å². The van der Waals surface area contributed by atoms with Gasteiger partial charge in [-0.2, -0.15) is 0 Å². The predicted octanol–water partition coefficient (Wildman–Crippen LogP) is 4.56. The Morgan fingerprint density at radius 3 is 2.65 bits per heavy atom. The minimum Gasteiger partial charge on any atom is -0.388 e. The predicted molar refractivity (Wildman–Crippen MR) is 86.6 cm³/mol. The second-order valence-corrected chi connectivity index (χ2v) is 5.73. The second kappa shape index (κ2) is 5.70. The zero-order chi connectivity index (χ0) is 13.9. The third-order valence-electron chi connectivity index (χ3n) is 4.58. The Morgan fingerprint density at radius 1 is 1.10 bits per heavy atom. The first-order chi connectivity index (χ1) is 9.81. The number of aryl methyl sites for hydroxylation is 2. The number of nitrogens with one attached hydrogen (secondary N) is 1. The highest BCUT2D eigenvalue weighted by molar-refractivity contribution is 5.55. The molecule has 1 N–H and O–H groups in total. The molecule has 1 atom stereocenters. The SMILES string of the molecule is CCc1ccc(C2CCc3ccccc3C2)c(NC)c1. The maximum Gasteiger partial charge on any atom is 0.0375 e. The molecule has 2 aromatic carbocycles. The van der Waals surface area contributed by atoms with Crippen molar-refractivity contribution in [3.8, 4) is 0 Å². The van der Waals surface area contributed by atoms with Gasteiger partial charge in [0.15, 0.2) is 0 Å². The van der Waals surface area contributed by atoms with E-state index in [1.165, 1.54) is 41.6 Å². The number of fused-ring (bicyclic) bond motifs is 1. The van der Waals surface area contributed by atoms with Crippen LogP contribution in [-0.2, 0) is 19.3 Å². The van der Waals surface area contributed by atoms with Crippen LogP contribution in [0.15, 0.2) is 42.5 Å². The molecular formula is C19H23N. The molecule has 20 heavy (non-hydrogen) atoms. The number of rotatable bonds is 3. The van der Waals surface area contributed by atoms with Crippen LogP contribution in [0.2, 0.25) is 0 Å². The van der Waals surface area contributed by atoms with Gasteiger partial charge in [-0.25, -0.2) is 0 Å². The lowest BCUT2D eigenvalue weighted by Crippen LogP contribution is -2.14. The molecular weight excluding hydrogens is 242 g/mol. The average molecular weight is 265 g/mol. The van der Waals surface area contributed by atoms with Gasteiger partial charge < -0.3 is 5.32 Å². The summed E-state index contributed by atoms with van der Waals surface area (Å²) in [6.07, 6.45) is 4.75. The summed E-state index contributed by atoms with van der Waals surface area (Å²) in [7, 11) is 2.04. The van der Waals surface area contributed by atoms with E-state index in [2.05, 4.69) is 54.7 Å². The molecule has 0 saturated heterocycles. The fourth-order valence-corrected chi connectivity index (χ4v) is 3.36. The molecule has 1 heteroatoms. The smallest absolute Gasteiger partial charge is 0.0375 e. The molecule has 2 aromatic rings. The number of benzene rings is 2. The molecule has 0 radical (unpaired) electrons. The minimum absolute atomic E-state index is 0.651. The monoisotopic (exact) mass is 265 g/mol. The number of hydrogen-bond acceptors (Lipinski definition) is 1. The van der Waals surface area contributed by atoms with Crippen molar-refractivity contribution in [3.05, 3.63) is 64.7 Å². The largest absolute Gasteiger partial charge is 0.388 e. The maximum atomic E-state index is 3.39. The molecule has 0 aliphatic heterocycles. The van der Waals surface area contributed by atoms with E-state index in [4.69, 9.17) is 0 Å². The summed E-state index contributed by atoms with van der Waals surface area (Å²) in [5.41, 5.74) is 7.28. The highest BCUT2D eigenvalue weighted by Crippen LogP contribution is 2.36. The molecule has 0 heterocycles. The lowest BCUT2D eigenvalue weighted by atomic mass is 9.79. The Balaban J connectivity index is 1.91. The number of hydrogen-bond donors (Lipinski definition) is 1. The second-order valence-electron chi connectivity index (χ2n) is 5.73. The van der Waals surface area contributed by atoms with E-state index >= 15 is 0 Å². The summed E-state index contributed by atoms with van der Waals surface area (Å²) >= 11 is 0. The van der Waals surface area contributed by atoms with Crippen LogP contribution < -0.4 is 5.32 Å². The first kappa shape index (κ1) is 13.2. The van der Waals surface area contributed by atoms with Crippen LogP contribution in [0, 0.1) is 0 Å². The van der Waals surface area contributed by atoms with E-state index in [9.17, 15) is 0 Å². The van der Waals surface area contributed by atoms with Crippen molar-refractivity contribution >= 4 is 5.69 Å². The van der Waals surface area contributed by atoms with Crippen molar-refractivity contribution < 1.29 is 0 Å². The number of anilines is 1. The van der Waals surface area contributed by atoms with Gasteiger partial charge in [-0.15, -0.1) is 0 Å². The molecule has 0 bridgehead atoms. The zero-order valence-electron chi connectivity index (χ0n) is 12.4. The molecule has 1 unspecified atom stereocenters. The summed E-state index contributed by atoms with van der Waals surface area (Å²) in [4.78, 5) is 0. The summed E-state index contributed by atoms with van der Waals surface area (Å²) in [6.45, 7) is 2.21. The first-order valence-electron chi connectivity index (χ1n) is 7.69. The van der Waals surface area contributed by atoms with Gasteiger partial charge in [0.2, 0.25) is 0 Å². The Labute approximate surface area is 122 Å². The zero-order valence-corrected chi connectivity index (χ0v) is 12.4.